The molecule has 2 heteroatoms. The van der Waals surface area contributed by atoms with E-state index in [0.717, 1.165) is 18.3 Å². The molecule has 1 aromatic heterocycles. The summed E-state index contributed by atoms with van der Waals surface area (Å²) in [5, 5.41) is 2.42. The Bertz CT molecular complexity index is 967. The summed E-state index contributed by atoms with van der Waals surface area (Å²) in [6.07, 6.45) is 0.907. The van der Waals surface area contributed by atoms with Crippen molar-refractivity contribution in [2.45, 2.75) is 6.54 Å². The van der Waals surface area contributed by atoms with Crippen LogP contribution in [0.4, 0.5) is 0 Å². The van der Waals surface area contributed by atoms with Gasteiger partial charge in [0, 0.05) is 28.4 Å². The maximum atomic E-state index is 11.1. The van der Waals surface area contributed by atoms with E-state index in [9.17, 15) is 4.79 Å². The minimum Gasteiger partial charge on any atom is -0.336 e. The quantitative estimate of drug-likeness (QED) is 0.502. The van der Waals surface area contributed by atoms with Crippen molar-refractivity contribution in [3.63, 3.8) is 0 Å². The van der Waals surface area contributed by atoms with Gasteiger partial charge in [0.15, 0.2) is 0 Å². The van der Waals surface area contributed by atoms with Crippen LogP contribution in [-0.4, -0.2) is 10.9 Å². The van der Waals surface area contributed by atoms with Crippen molar-refractivity contribution < 1.29 is 4.79 Å². The largest absolute Gasteiger partial charge is 0.336 e. The zero-order chi connectivity index (χ0) is 14.9. The first-order chi connectivity index (χ1) is 10.9. The summed E-state index contributed by atoms with van der Waals surface area (Å²) in [6, 6.07) is 24.7. The number of para-hydroxylation sites is 1. The monoisotopic (exact) mass is 285 g/mol. The Morgan fingerprint density at radius 2 is 1.50 bits per heavy atom. The van der Waals surface area contributed by atoms with Gasteiger partial charge in [0.1, 0.15) is 6.29 Å². The third kappa shape index (κ3) is 2.01. The number of aromatic nitrogens is 1. The second-order valence-electron chi connectivity index (χ2n) is 5.48. The van der Waals surface area contributed by atoms with Crippen LogP contribution in [-0.2, 0) is 6.54 Å². The molecule has 0 aliphatic heterocycles. The number of hydrogen-bond acceptors (Lipinski definition) is 1. The molecule has 0 spiro atoms. The summed E-state index contributed by atoms with van der Waals surface area (Å²) < 4.78 is 2.28. The van der Waals surface area contributed by atoms with Gasteiger partial charge in [-0.1, -0.05) is 60.7 Å². The van der Waals surface area contributed by atoms with Gasteiger partial charge in [-0.3, -0.25) is 4.79 Å². The molecule has 1 heterocycles. The molecule has 0 amide bonds. The smallest absolute Gasteiger partial charge is 0.150 e. The lowest BCUT2D eigenvalue weighted by molar-refractivity contribution is 0.112. The molecular weight excluding hydrogens is 270 g/mol. The van der Waals surface area contributed by atoms with Crippen LogP contribution in [0.25, 0.3) is 21.8 Å². The topological polar surface area (TPSA) is 22.0 Å². The Hall–Kier alpha value is -2.87. The molecule has 0 aliphatic rings. The first-order valence-electron chi connectivity index (χ1n) is 7.37. The molecule has 0 fully saturated rings. The molecule has 3 aromatic carbocycles. The van der Waals surface area contributed by atoms with E-state index in [2.05, 4.69) is 53.1 Å². The minimum atomic E-state index is 0.713. The third-order valence-corrected chi connectivity index (χ3v) is 4.12. The lowest BCUT2D eigenvalue weighted by Gasteiger charge is -2.08. The summed E-state index contributed by atoms with van der Waals surface area (Å²) in [7, 11) is 0. The third-order valence-electron chi connectivity index (χ3n) is 4.12. The normalized spacial score (nSPS) is 11.1. The first kappa shape index (κ1) is 12.8. The molecule has 2 nitrogen and oxygen atoms in total. The highest BCUT2D eigenvalue weighted by Crippen LogP contribution is 2.30. The van der Waals surface area contributed by atoms with Crippen LogP contribution in [0.15, 0.2) is 72.8 Å². The van der Waals surface area contributed by atoms with Gasteiger partial charge in [0.25, 0.3) is 0 Å². The van der Waals surface area contributed by atoms with Crippen LogP contribution in [0.5, 0.6) is 0 Å². The Morgan fingerprint density at radius 1 is 0.773 bits per heavy atom. The van der Waals surface area contributed by atoms with E-state index in [4.69, 9.17) is 0 Å². The molecule has 106 valence electrons. The van der Waals surface area contributed by atoms with E-state index in [0.29, 0.717) is 5.56 Å². The second kappa shape index (κ2) is 5.15. The van der Waals surface area contributed by atoms with Gasteiger partial charge >= 0.3 is 0 Å². The molecule has 0 saturated carbocycles. The van der Waals surface area contributed by atoms with Crippen LogP contribution in [0.1, 0.15) is 15.9 Å². The number of benzene rings is 3. The van der Waals surface area contributed by atoms with E-state index in [1.807, 2.05) is 24.3 Å². The first-order valence-corrected chi connectivity index (χ1v) is 7.37. The Morgan fingerprint density at radius 3 is 2.32 bits per heavy atom. The lowest BCUT2D eigenvalue weighted by atomic mass is 10.1. The number of nitrogens with zero attached hydrogens (tertiary/aromatic N) is 1. The van der Waals surface area contributed by atoms with Crippen molar-refractivity contribution in [3.8, 4) is 0 Å². The van der Waals surface area contributed by atoms with Crippen LogP contribution < -0.4 is 0 Å². The predicted octanol–water partition coefficient (Wildman–Crippen LogP) is 4.66. The number of rotatable bonds is 3. The highest BCUT2D eigenvalue weighted by atomic mass is 16.1. The van der Waals surface area contributed by atoms with E-state index >= 15 is 0 Å². The van der Waals surface area contributed by atoms with Crippen molar-refractivity contribution in [1.29, 1.82) is 0 Å². The van der Waals surface area contributed by atoms with Crippen molar-refractivity contribution in [2.75, 3.05) is 0 Å². The fourth-order valence-electron chi connectivity index (χ4n) is 3.08. The summed E-state index contributed by atoms with van der Waals surface area (Å²) >= 11 is 0. The summed E-state index contributed by atoms with van der Waals surface area (Å²) in [5.74, 6) is 0. The molecule has 4 rings (SSSR count). The zero-order valence-electron chi connectivity index (χ0n) is 12.1. The van der Waals surface area contributed by atoms with Crippen LogP contribution in [0.2, 0.25) is 0 Å². The molecule has 0 bridgehead atoms. The Labute approximate surface area is 128 Å². The average molecular weight is 285 g/mol. The van der Waals surface area contributed by atoms with Gasteiger partial charge in [0.2, 0.25) is 0 Å². The fourth-order valence-corrected chi connectivity index (χ4v) is 3.08. The van der Waals surface area contributed by atoms with E-state index in [1.54, 1.807) is 0 Å². The van der Waals surface area contributed by atoms with Gasteiger partial charge in [-0.25, -0.2) is 0 Å². The minimum absolute atomic E-state index is 0.713. The molecule has 0 saturated heterocycles. The molecule has 22 heavy (non-hydrogen) atoms. The molecule has 0 radical (unpaired) electrons. The van der Waals surface area contributed by atoms with E-state index in [-0.39, 0.29) is 0 Å². The fraction of sp³-hybridized carbons (Fsp3) is 0.0500. The maximum Gasteiger partial charge on any atom is 0.150 e. The van der Waals surface area contributed by atoms with Gasteiger partial charge < -0.3 is 4.57 Å². The number of carbonyl (C=O) groups excluding carboxylic acids is 1. The van der Waals surface area contributed by atoms with Crippen molar-refractivity contribution in [1.82, 2.24) is 4.57 Å². The summed E-state index contributed by atoms with van der Waals surface area (Å²) in [4.78, 5) is 11.1. The Balaban J connectivity index is 2.02. The second-order valence-corrected chi connectivity index (χ2v) is 5.48. The Kier molecular flexibility index (Phi) is 3.01. The van der Waals surface area contributed by atoms with E-state index in [1.165, 1.54) is 21.9 Å². The molecule has 0 atom stereocenters. The molecule has 0 aliphatic carbocycles. The zero-order valence-corrected chi connectivity index (χ0v) is 12.1. The predicted molar refractivity (Wildman–Crippen MR) is 90.4 cm³/mol. The highest BCUT2D eigenvalue weighted by Gasteiger charge is 2.11. The van der Waals surface area contributed by atoms with Gasteiger partial charge in [-0.2, -0.15) is 0 Å². The SMILES string of the molecule is O=Cc1ccc2c3ccccc3n(Cc3ccccc3)c2c1. The number of fused-ring (bicyclic) bond motifs is 3. The van der Waals surface area contributed by atoms with Gasteiger partial charge in [0.05, 0.1) is 5.52 Å². The van der Waals surface area contributed by atoms with Crippen molar-refractivity contribution in [2.24, 2.45) is 0 Å². The van der Waals surface area contributed by atoms with Crippen LogP contribution in [0.3, 0.4) is 0 Å². The van der Waals surface area contributed by atoms with E-state index < -0.39 is 0 Å². The van der Waals surface area contributed by atoms with Gasteiger partial charge in [-0.15, -0.1) is 0 Å². The maximum absolute atomic E-state index is 11.1. The number of carbonyl (C=O) groups is 1. The average Bonchev–Trinajstić information content (AvgIpc) is 2.89. The number of hydrogen-bond donors (Lipinski definition) is 0. The molecule has 0 unspecified atom stereocenters. The lowest BCUT2D eigenvalue weighted by Crippen LogP contribution is -1.99. The van der Waals surface area contributed by atoms with Crippen molar-refractivity contribution >= 4 is 28.1 Å². The summed E-state index contributed by atoms with van der Waals surface area (Å²) in [5.41, 5.74) is 4.27. The highest BCUT2D eigenvalue weighted by molar-refractivity contribution is 6.09. The standard InChI is InChI=1S/C20H15NO/c22-14-16-10-11-18-17-8-4-5-9-19(17)21(20(18)12-16)13-15-6-2-1-3-7-15/h1-12,14H,13H2. The molecule has 4 aromatic rings. The number of aldehydes is 1. The summed E-state index contributed by atoms with van der Waals surface area (Å²) in [6.45, 7) is 0.799. The van der Waals surface area contributed by atoms with Crippen molar-refractivity contribution in [3.05, 3.63) is 83.9 Å². The molecular formula is C20H15NO. The van der Waals surface area contributed by atoms with Gasteiger partial charge in [-0.05, 0) is 17.7 Å². The van der Waals surface area contributed by atoms with Crippen LogP contribution >= 0.6 is 0 Å². The molecule has 0 N–H and O–H groups in total. The van der Waals surface area contributed by atoms with Crippen LogP contribution in [0, 0.1) is 0 Å².